The van der Waals surface area contributed by atoms with Crippen LogP contribution in [0.5, 0.6) is 0 Å². The van der Waals surface area contributed by atoms with Crippen molar-refractivity contribution in [3.05, 3.63) is 105 Å². The number of nitrogens with one attached hydrogen (secondary N) is 1. The van der Waals surface area contributed by atoms with Crippen molar-refractivity contribution in [3.63, 3.8) is 0 Å². The number of hydrogen-bond donors (Lipinski definition) is 3. The minimum Gasteiger partial charge on any atom is -0.377 e. The van der Waals surface area contributed by atoms with Crippen LogP contribution in [0, 0.1) is 35.2 Å². The molecule has 55 heavy (non-hydrogen) atoms. The normalized spacial score (nSPS) is 19.8. The molecule has 6 rings (SSSR count). The van der Waals surface area contributed by atoms with E-state index < -0.39 is 119 Å². The number of pyridine rings is 1. The fourth-order valence-corrected chi connectivity index (χ4v) is 6.93. The van der Waals surface area contributed by atoms with Crippen LogP contribution >= 0.6 is 0 Å². The van der Waals surface area contributed by atoms with Crippen molar-refractivity contribution in [1.29, 1.82) is 0 Å². The van der Waals surface area contributed by atoms with Gasteiger partial charge in [-0.05, 0) is 65.8 Å². The van der Waals surface area contributed by atoms with Gasteiger partial charge in [0.15, 0.2) is 5.69 Å². The molecule has 4 aromatic rings. The van der Waals surface area contributed by atoms with Gasteiger partial charge in [-0.15, -0.1) is 0 Å². The van der Waals surface area contributed by atoms with E-state index in [9.17, 15) is 49.8 Å². The molecule has 0 bridgehead atoms. The molecule has 3 atom stereocenters. The van der Waals surface area contributed by atoms with Gasteiger partial charge in [0, 0.05) is 23.1 Å². The third-order valence-electron chi connectivity index (χ3n) is 9.66. The number of hydrogen-bond acceptors (Lipinski definition) is 5. The van der Waals surface area contributed by atoms with Crippen LogP contribution in [0.2, 0.25) is 0 Å². The zero-order chi connectivity index (χ0) is 40.4. The van der Waals surface area contributed by atoms with E-state index in [0.29, 0.717) is 6.07 Å². The molecule has 0 aliphatic heterocycles. The second-order valence-corrected chi connectivity index (χ2v) is 13.7. The van der Waals surface area contributed by atoms with Crippen LogP contribution in [-0.4, -0.2) is 43.2 Å². The van der Waals surface area contributed by atoms with E-state index in [2.05, 4.69) is 27.2 Å². The number of nitrogens with two attached hydrogens (primary N) is 1. The van der Waals surface area contributed by atoms with E-state index in [1.165, 1.54) is 25.1 Å². The fourth-order valence-electron chi connectivity index (χ4n) is 6.93. The number of primary amides is 1. The number of alkyl halides is 7. The molecule has 0 saturated heterocycles. The minimum atomic E-state index is -5.16. The first-order valence-corrected chi connectivity index (χ1v) is 16.5. The van der Waals surface area contributed by atoms with Crippen LogP contribution in [0.1, 0.15) is 82.9 Å². The number of fused-ring (bicyclic) bond motifs is 1. The van der Waals surface area contributed by atoms with E-state index in [0.717, 1.165) is 31.2 Å². The molecule has 290 valence electrons. The van der Waals surface area contributed by atoms with Gasteiger partial charge in [0.25, 0.3) is 17.8 Å². The second-order valence-electron chi connectivity index (χ2n) is 13.7. The number of carbonyl (C=O) groups excluding carboxylic acids is 2. The quantitative estimate of drug-likeness (QED) is 0.132. The number of amides is 2. The zero-order valence-corrected chi connectivity index (χ0v) is 28.6. The van der Waals surface area contributed by atoms with Crippen LogP contribution in [0.3, 0.4) is 0 Å². The Bertz CT molecular complexity index is 2250. The number of carbonyl (C=O) groups is 2. The monoisotopic (exact) mass is 781 g/mol. The molecule has 0 unspecified atom stereocenters. The predicted octanol–water partition coefficient (Wildman–Crippen LogP) is 6.94. The summed E-state index contributed by atoms with van der Waals surface area (Å²) in [6.45, 7) is 1.04. The van der Waals surface area contributed by atoms with Gasteiger partial charge in [0.2, 0.25) is 5.91 Å². The highest BCUT2D eigenvalue weighted by atomic mass is 19.4. The van der Waals surface area contributed by atoms with Gasteiger partial charge in [-0.1, -0.05) is 25.8 Å². The lowest BCUT2D eigenvalue weighted by atomic mass is 9.77. The molecule has 2 aliphatic carbocycles. The van der Waals surface area contributed by atoms with Crippen molar-refractivity contribution in [2.45, 2.75) is 75.2 Å². The Morgan fingerprint density at radius 1 is 1.02 bits per heavy atom. The van der Waals surface area contributed by atoms with Crippen LogP contribution in [0.25, 0.3) is 11.1 Å². The van der Waals surface area contributed by atoms with Crippen molar-refractivity contribution >= 4 is 11.8 Å². The number of nitrogens with zero attached hydrogens (tertiary/aromatic N) is 3. The number of halogens is 10. The van der Waals surface area contributed by atoms with Gasteiger partial charge in [-0.2, -0.15) is 27.1 Å². The Hall–Kier alpha value is -5.44. The largest absolute Gasteiger partial charge is 0.435 e. The van der Waals surface area contributed by atoms with Gasteiger partial charge in [0.05, 0.1) is 30.1 Å². The molecular weight excluding hydrogens is 752 g/mol. The highest BCUT2D eigenvalue weighted by Gasteiger charge is 2.58. The van der Waals surface area contributed by atoms with Crippen LogP contribution in [0.4, 0.5) is 43.9 Å². The summed E-state index contributed by atoms with van der Waals surface area (Å²) in [7, 11) is 0. The summed E-state index contributed by atoms with van der Waals surface area (Å²) in [6.07, 6.45) is -7.63. The molecule has 2 amide bonds. The highest BCUT2D eigenvalue weighted by Crippen LogP contribution is 2.55. The van der Waals surface area contributed by atoms with Crippen molar-refractivity contribution in [3.8, 4) is 23.0 Å². The molecule has 2 aliphatic rings. The van der Waals surface area contributed by atoms with E-state index in [1.807, 2.05) is 0 Å². The lowest BCUT2D eigenvalue weighted by molar-refractivity contribution is -0.176. The third kappa shape index (κ3) is 7.75. The molecule has 4 N–H and O–H groups in total. The smallest absolute Gasteiger partial charge is 0.377 e. The van der Waals surface area contributed by atoms with Crippen molar-refractivity contribution in [2.75, 3.05) is 0 Å². The standard InChI is InChI=1S/C37H29F10N5O3/c1-17-18(2)36(43,44)32-29(17)31(37(45,46)47)51-52(32)14-28(53)50-27(11-19-9-21(38)13-22(39)10-19)30-24(20-3-6-26(40)25(12-20)33(48)54)5-4-23(49-30)7-8-34(55)15-35(41,42)16-34/h3-6,9-10,12-13,17-18,27,55H,11,14-16H2,1-2H3,(H2,48,54)(H,50,53)/t17-,18+,27-/m0/s1. The molecule has 18 heteroatoms. The van der Waals surface area contributed by atoms with Crippen molar-refractivity contribution in [2.24, 2.45) is 11.7 Å². The Balaban J connectivity index is 1.47. The maximum atomic E-state index is 15.4. The van der Waals surface area contributed by atoms with Gasteiger partial charge in [0.1, 0.15) is 41.0 Å². The summed E-state index contributed by atoms with van der Waals surface area (Å²) < 4.78 is 144. The average molecular weight is 782 g/mol. The fraction of sp³-hybridized carbons (Fsp3) is 0.351. The first kappa shape index (κ1) is 39.3. The second kappa shape index (κ2) is 13.7. The molecule has 2 aromatic heterocycles. The Kier molecular flexibility index (Phi) is 9.77. The average Bonchev–Trinajstić information content (AvgIpc) is 3.52. The molecule has 8 nitrogen and oxygen atoms in total. The zero-order valence-electron chi connectivity index (χ0n) is 28.6. The lowest BCUT2D eigenvalue weighted by Gasteiger charge is -2.39. The van der Waals surface area contributed by atoms with Crippen molar-refractivity contribution in [1.82, 2.24) is 20.1 Å². The predicted molar refractivity (Wildman–Crippen MR) is 174 cm³/mol. The topological polar surface area (TPSA) is 123 Å². The van der Waals surface area contributed by atoms with Gasteiger partial charge in [-0.25, -0.2) is 26.9 Å². The van der Waals surface area contributed by atoms with E-state index in [-0.39, 0.29) is 32.8 Å². The first-order valence-electron chi connectivity index (χ1n) is 16.5. The van der Waals surface area contributed by atoms with Crippen LogP contribution in [0.15, 0.2) is 48.5 Å². The first-order chi connectivity index (χ1) is 25.5. The maximum Gasteiger partial charge on any atom is 0.435 e. The Labute approximate surface area is 305 Å². The molecule has 1 fully saturated rings. The van der Waals surface area contributed by atoms with Gasteiger partial charge >= 0.3 is 6.18 Å². The molecule has 0 spiro atoms. The molecular formula is C37H29F10N5O3. The third-order valence-corrected chi connectivity index (χ3v) is 9.66. The Morgan fingerprint density at radius 2 is 1.67 bits per heavy atom. The SMILES string of the molecule is C[C@@H]1c2c(C(F)(F)F)nn(CC(=O)N[C@@H](Cc3cc(F)cc(F)c3)c3nc(C#CC4(O)CC(F)(F)C4)ccc3-c3ccc(F)c(C(N)=O)c3)c2C(F)(F)[C@@H]1C. The summed E-state index contributed by atoms with van der Waals surface area (Å²) in [5.74, 6) is -10.6. The number of benzene rings is 2. The van der Waals surface area contributed by atoms with Gasteiger partial charge < -0.3 is 16.2 Å². The van der Waals surface area contributed by atoms with Crippen LogP contribution in [-0.2, 0) is 29.9 Å². The molecule has 0 radical (unpaired) electrons. The lowest BCUT2D eigenvalue weighted by Crippen LogP contribution is -2.50. The van der Waals surface area contributed by atoms with Crippen molar-refractivity contribution < 1.29 is 58.6 Å². The molecule has 2 aromatic carbocycles. The van der Waals surface area contributed by atoms with Crippen LogP contribution < -0.4 is 11.1 Å². The number of aliphatic hydroxyl groups is 1. The highest BCUT2D eigenvalue weighted by molar-refractivity contribution is 5.94. The summed E-state index contributed by atoms with van der Waals surface area (Å²) in [5.41, 5.74) is -1.30. The minimum absolute atomic E-state index is 0.0117. The summed E-state index contributed by atoms with van der Waals surface area (Å²) >= 11 is 0. The van der Waals surface area contributed by atoms with E-state index in [1.54, 1.807) is 0 Å². The summed E-state index contributed by atoms with van der Waals surface area (Å²) in [5, 5.41) is 16.2. The molecule has 2 heterocycles. The summed E-state index contributed by atoms with van der Waals surface area (Å²) in [6, 6.07) is 6.43. The van der Waals surface area contributed by atoms with E-state index in [4.69, 9.17) is 5.73 Å². The Morgan fingerprint density at radius 3 is 2.27 bits per heavy atom. The number of aromatic nitrogens is 3. The van der Waals surface area contributed by atoms with Gasteiger partial charge in [-0.3, -0.25) is 14.3 Å². The maximum absolute atomic E-state index is 15.4. The summed E-state index contributed by atoms with van der Waals surface area (Å²) in [4.78, 5) is 30.1. The van der Waals surface area contributed by atoms with E-state index >= 15 is 8.78 Å². The molecule has 1 saturated carbocycles. The number of rotatable bonds is 8.